The topological polar surface area (TPSA) is 123 Å². The quantitative estimate of drug-likeness (QED) is 0.597. The van der Waals surface area contributed by atoms with Gasteiger partial charge >= 0.3 is 0 Å². The molecule has 0 radical (unpaired) electrons. The van der Waals surface area contributed by atoms with E-state index in [1.54, 1.807) is 23.8 Å². The minimum atomic E-state index is -0.803. The number of nitrogens with one attached hydrogen (secondary N) is 2. The van der Waals surface area contributed by atoms with Crippen LogP contribution in [0, 0.1) is 10.1 Å². The summed E-state index contributed by atoms with van der Waals surface area (Å²) < 4.78 is 5.09. The van der Waals surface area contributed by atoms with Crippen LogP contribution in [0.15, 0.2) is 29.3 Å². The Kier molecular flexibility index (Phi) is 3.89. The van der Waals surface area contributed by atoms with Crippen LogP contribution in [0.4, 0.5) is 5.95 Å². The van der Waals surface area contributed by atoms with Crippen LogP contribution in [-0.4, -0.2) is 27.1 Å². The number of hydrogen-bond acceptors (Lipinski definition) is 6. The highest BCUT2D eigenvalue weighted by atomic mass is 16.7. The molecule has 0 saturated carbocycles. The highest BCUT2D eigenvalue weighted by Gasteiger charge is 2.10. The van der Waals surface area contributed by atoms with Crippen LogP contribution in [-0.2, 0) is 6.42 Å². The van der Waals surface area contributed by atoms with Gasteiger partial charge in [-0.2, -0.15) is 0 Å². The molecule has 2 aromatic rings. The van der Waals surface area contributed by atoms with E-state index in [-0.39, 0.29) is 12.4 Å². The number of H-pyrrole nitrogens is 1. The van der Waals surface area contributed by atoms with E-state index in [2.05, 4.69) is 15.0 Å². The standard InChI is InChI=1S/C11H11N5O4/c1-20-10-7(3-2-4-12-10)5-8-6-13-11(14-9(8)17)15-16(18)19/h2-4,6H,5H2,1H3,(H2,13,14,15,17). The molecule has 104 valence electrons. The Hall–Kier alpha value is -2.97. The molecule has 9 heteroatoms. The number of nitro groups is 1. The lowest BCUT2D eigenvalue weighted by atomic mass is 10.1. The molecule has 0 aliphatic heterocycles. The fourth-order valence-electron chi connectivity index (χ4n) is 1.64. The van der Waals surface area contributed by atoms with Crippen molar-refractivity contribution in [1.82, 2.24) is 15.0 Å². The molecule has 2 aromatic heterocycles. The molecule has 0 unspecified atom stereocenters. The molecule has 0 atom stereocenters. The molecule has 0 saturated heterocycles. The van der Waals surface area contributed by atoms with Crippen molar-refractivity contribution >= 4 is 5.95 Å². The van der Waals surface area contributed by atoms with Gasteiger partial charge in [-0.05, 0) is 6.07 Å². The van der Waals surface area contributed by atoms with E-state index < -0.39 is 10.6 Å². The number of hydrogen-bond donors (Lipinski definition) is 2. The maximum absolute atomic E-state index is 11.8. The zero-order valence-corrected chi connectivity index (χ0v) is 10.5. The van der Waals surface area contributed by atoms with Gasteiger partial charge < -0.3 is 4.74 Å². The van der Waals surface area contributed by atoms with Gasteiger partial charge in [0.2, 0.25) is 5.88 Å². The van der Waals surface area contributed by atoms with Crippen LogP contribution >= 0.6 is 0 Å². The van der Waals surface area contributed by atoms with E-state index in [0.717, 1.165) is 5.56 Å². The van der Waals surface area contributed by atoms with E-state index in [9.17, 15) is 14.9 Å². The van der Waals surface area contributed by atoms with Crippen molar-refractivity contribution < 1.29 is 9.77 Å². The lowest BCUT2D eigenvalue weighted by Crippen LogP contribution is -2.19. The number of rotatable bonds is 5. The first-order chi connectivity index (χ1) is 9.60. The van der Waals surface area contributed by atoms with E-state index in [0.29, 0.717) is 11.4 Å². The molecule has 2 rings (SSSR count). The smallest absolute Gasteiger partial charge is 0.265 e. The Morgan fingerprint density at radius 1 is 1.45 bits per heavy atom. The average molecular weight is 277 g/mol. The minimum Gasteiger partial charge on any atom is -0.481 e. The number of ether oxygens (including phenoxy) is 1. The van der Waals surface area contributed by atoms with E-state index in [4.69, 9.17) is 4.74 Å². The Balaban J connectivity index is 2.26. The van der Waals surface area contributed by atoms with Gasteiger partial charge in [-0.3, -0.25) is 9.78 Å². The second-order valence-electron chi connectivity index (χ2n) is 3.80. The van der Waals surface area contributed by atoms with Crippen molar-refractivity contribution in [2.75, 3.05) is 12.5 Å². The number of methoxy groups -OCH3 is 1. The van der Waals surface area contributed by atoms with Gasteiger partial charge in [-0.15, -0.1) is 0 Å². The molecule has 2 N–H and O–H groups in total. The van der Waals surface area contributed by atoms with Crippen LogP contribution in [0.1, 0.15) is 11.1 Å². The third-order valence-corrected chi connectivity index (χ3v) is 2.49. The van der Waals surface area contributed by atoms with Crippen LogP contribution in [0.2, 0.25) is 0 Å². The predicted molar refractivity (Wildman–Crippen MR) is 69.1 cm³/mol. The SMILES string of the molecule is COc1ncccc1Cc1cnc(N[N+](=O)[O-])[nH]c1=O. The number of anilines is 1. The van der Waals surface area contributed by atoms with Crippen molar-refractivity contribution in [1.29, 1.82) is 0 Å². The summed E-state index contributed by atoms with van der Waals surface area (Å²) >= 11 is 0. The summed E-state index contributed by atoms with van der Waals surface area (Å²) in [7, 11) is 1.48. The van der Waals surface area contributed by atoms with Gasteiger partial charge in [-0.25, -0.2) is 20.1 Å². The van der Waals surface area contributed by atoms with Gasteiger partial charge in [0.1, 0.15) is 0 Å². The summed E-state index contributed by atoms with van der Waals surface area (Å²) in [6.45, 7) is 0. The lowest BCUT2D eigenvalue weighted by Gasteiger charge is -2.06. The summed E-state index contributed by atoms with van der Waals surface area (Å²) in [5.74, 6) is 0.196. The second-order valence-corrected chi connectivity index (χ2v) is 3.80. The number of hydrazine groups is 1. The third kappa shape index (κ3) is 3.07. The summed E-state index contributed by atoms with van der Waals surface area (Å²) in [5.41, 5.74) is 2.39. The summed E-state index contributed by atoms with van der Waals surface area (Å²) in [5, 5.41) is 9.44. The lowest BCUT2D eigenvalue weighted by molar-refractivity contribution is -0.446. The van der Waals surface area contributed by atoms with Gasteiger partial charge in [0.05, 0.1) is 7.11 Å². The van der Waals surface area contributed by atoms with Crippen LogP contribution in [0.25, 0.3) is 0 Å². The minimum absolute atomic E-state index is 0.220. The molecule has 9 nitrogen and oxygen atoms in total. The molecular weight excluding hydrogens is 266 g/mol. The van der Waals surface area contributed by atoms with E-state index >= 15 is 0 Å². The zero-order chi connectivity index (χ0) is 14.5. The fourth-order valence-corrected chi connectivity index (χ4v) is 1.64. The first kappa shape index (κ1) is 13.5. The van der Waals surface area contributed by atoms with Crippen molar-refractivity contribution in [3.8, 4) is 5.88 Å². The number of nitrogens with zero attached hydrogens (tertiary/aromatic N) is 3. The number of aromatic amines is 1. The van der Waals surface area contributed by atoms with Gasteiger partial charge in [0, 0.05) is 29.9 Å². The molecule has 0 fully saturated rings. The third-order valence-electron chi connectivity index (χ3n) is 2.49. The second kappa shape index (κ2) is 5.78. The largest absolute Gasteiger partial charge is 0.481 e. The molecule has 20 heavy (non-hydrogen) atoms. The highest BCUT2D eigenvalue weighted by molar-refractivity contribution is 5.31. The fraction of sp³-hybridized carbons (Fsp3) is 0.182. The summed E-state index contributed by atoms with van der Waals surface area (Å²) in [6.07, 6.45) is 3.12. The first-order valence-electron chi connectivity index (χ1n) is 5.57. The van der Waals surface area contributed by atoms with Crippen molar-refractivity contribution in [2.24, 2.45) is 0 Å². The molecule has 0 bridgehead atoms. The molecule has 0 aliphatic carbocycles. The van der Waals surface area contributed by atoms with Gasteiger partial charge in [-0.1, -0.05) is 11.5 Å². The van der Waals surface area contributed by atoms with Gasteiger partial charge in [0.15, 0.2) is 5.03 Å². The van der Waals surface area contributed by atoms with E-state index in [1.807, 2.05) is 0 Å². The molecule has 0 amide bonds. The Morgan fingerprint density at radius 3 is 2.90 bits per heavy atom. The van der Waals surface area contributed by atoms with Crippen molar-refractivity contribution in [3.63, 3.8) is 0 Å². The zero-order valence-electron chi connectivity index (χ0n) is 10.5. The number of pyridine rings is 1. The molecule has 2 heterocycles. The van der Waals surface area contributed by atoms with Gasteiger partial charge in [0.25, 0.3) is 11.5 Å². The Labute approximate surface area is 112 Å². The monoisotopic (exact) mass is 277 g/mol. The number of aromatic nitrogens is 3. The average Bonchev–Trinajstić information content (AvgIpc) is 2.42. The maximum atomic E-state index is 11.8. The molecular formula is C11H11N5O4. The first-order valence-corrected chi connectivity index (χ1v) is 5.57. The van der Waals surface area contributed by atoms with Crippen molar-refractivity contribution in [3.05, 3.63) is 56.1 Å². The normalized spacial score (nSPS) is 10.1. The molecule has 0 aromatic carbocycles. The van der Waals surface area contributed by atoms with Crippen molar-refractivity contribution in [2.45, 2.75) is 6.42 Å². The summed E-state index contributed by atoms with van der Waals surface area (Å²) in [6, 6.07) is 3.50. The van der Waals surface area contributed by atoms with Crippen LogP contribution < -0.4 is 15.7 Å². The Morgan fingerprint density at radius 2 is 2.25 bits per heavy atom. The maximum Gasteiger partial charge on any atom is 0.265 e. The summed E-state index contributed by atoms with van der Waals surface area (Å²) in [4.78, 5) is 32.1. The van der Waals surface area contributed by atoms with E-state index in [1.165, 1.54) is 13.3 Å². The molecule has 0 spiro atoms. The highest BCUT2D eigenvalue weighted by Crippen LogP contribution is 2.16. The predicted octanol–water partition coefficient (Wildman–Crippen LogP) is 0.368. The molecule has 0 aliphatic rings. The van der Waals surface area contributed by atoms with Crippen LogP contribution in [0.5, 0.6) is 5.88 Å². The Bertz CT molecular complexity index is 685. The van der Waals surface area contributed by atoms with Crippen LogP contribution in [0.3, 0.4) is 0 Å².